The van der Waals surface area contributed by atoms with E-state index in [4.69, 9.17) is 9.15 Å². The average molecular weight is 495 g/mol. The van der Waals surface area contributed by atoms with Gasteiger partial charge in [-0.2, -0.15) is 5.10 Å². The second-order valence-corrected chi connectivity index (χ2v) is 6.73. The summed E-state index contributed by atoms with van der Waals surface area (Å²) in [5.74, 6) is -0.0726. The van der Waals surface area contributed by atoms with Crippen molar-refractivity contribution in [3.63, 3.8) is 0 Å². The van der Waals surface area contributed by atoms with Crippen molar-refractivity contribution in [1.82, 2.24) is 5.43 Å². The zero-order valence-electron chi connectivity index (χ0n) is 14.5. The van der Waals surface area contributed by atoms with Crippen LogP contribution in [0, 0.1) is 13.7 Å². The van der Waals surface area contributed by atoms with Crippen LogP contribution >= 0.6 is 22.6 Å². The van der Waals surface area contributed by atoms with Crippen LogP contribution in [0.1, 0.15) is 23.0 Å². The fraction of sp³-hybridized carbons (Fsp3) is 0.111. The van der Waals surface area contributed by atoms with Crippen LogP contribution in [-0.2, 0) is 0 Å². The van der Waals surface area contributed by atoms with Gasteiger partial charge in [0.25, 0.3) is 5.69 Å². The molecular formula is C18H14IN3O6. The van der Waals surface area contributed by atoms with E-state index >= 15 is 0 Å². The van der Waals surface area contributed by atoms with Crippen LogP contribution in [0.4, 0.5) is 5.69 Å². The lowest BCUT2D eigenvalue weighted by Crippen LogP contribution is -2.16. The number of aromatic hydroxyl groups is 1. The maximum atomic E-state index is 12.2. The van der Waals surface area contributed by atoms with Gasteiger partial charge >= 0.3 is 5.91 Å². The van der Waals surface area contributed by atoms with Gasteiger partial charge in [-0.05, 0) is 53.8 Å². The number of phenolic OH excluding ortho intramolecular Hbond substituents is 1. The molecule has 1 amide bonds. The van der Waals surface area contributed by atoms with Crippen LogP contribution in [-0.4, -0.2) is 28.8 Å². The molecule has 0 saturated heterocycles. The van der Waals surface area contributed by atoms with Crippen molar-refractivity contribution in [3.05, 3.63) is 61.4 Å². The molecule has 0 radical (unpaired) electrons. The predicted molar refractivity (Wildman–Crippen MR) is 110 cm³/mol. The molecule has 0 aliphatic carbocycles. The fourth-order valence-corrected chi connectivity index (χ4v) is 3.05. The molecule has 2 N–H and O–H groups in total. The fourth-order valence-electron chi connectivity index (χ4n) is 2.41. The summed E-state index contributed by atoms with van der Waals surface area (Å²) < 4.78 is 11.2. The minimum absolute atomic E-state index is 0.0404. The maximum absolute atomic E-state index is 12.2. The summed E-state index contributed by atoms with van der Waals surface area (Å²) in [4.78, 5) is 22.6. The predicted octanol–water partition coefficient (Wildman–Crippen LogP) is 3.81. The van der Waals surface area contributed by atoms with Crippen molar-refractivity contribution < 1.29 is 24.0 Å². The van der Waals surface area contributed by atoms with E-state index in [-0.39, 0.29) is 22.8 Å². The highest BCUT2D eigenvalue weighted by molar-refractivity contribution is 14.1. The zero-order valence-corrected chi connectivity index (χ0v) is 16.7. The molecule has 0 bridgehead atoms. The molecule has 0 saturated carbocycles. The van der Waals surface area contributed by atoms with Gasteiger partial charge in [0.05, 0.1) is 21.3 Å². The molecule has 0 unspecified atom stereocenters. The van der Waals surface area contributed by atoms with Gasteiger partial charge < -0.3 is 14.3 Å². The first kappa shape index (κ1) is 19.6. The van der Waals surface area contributed by atoms with E-state index in [2.05, 4.69) is 10.5 Å². The van der Waals surface area contributed by atoms with E-state index in [9.17, 15) is 20.0 Å². The number of carbonyl (C=O) groups excluding carboxylic acids is 1. The molecule has 10 heteroatoms. The second kappa shape index (κ2) is 8.25. The number of furan rings is 1. The Balaban J connectivity index is 1.77. The summed E-state index contributed by atoms with van der Waals surface area (Å²) in [6.07, 6.45) is 1.12. The lowest BCUT2D eigenvalue weighted by Gasteiger charge is -2.02. The first-order valence-electron chi connectivity index (χ1n) is 8.05. The summed E-state index contributed by atoms with van der Waals surface area (Å²) in [5, 5.41) is 25.3. The number of halogens is 1. The van der Waals surface area contributed by atoms with Crippen molar-refractivity contribution in [1.29, 1.82) is 0 Å². The van der Waals surface area contributed by atoms with Crippen molar-refractivity contribution in [2.24, 2.45) is 5.10 Å². The first-order valence-corrected chi connectivity index (χ1v) is 9.13. The minimum atomic E-state index is -0.606. The third-order valence-electron chi connectivity index (χ3n) is 3.68. The van der Waals surface area contributed by atoms with Gasteiger partial charge in [0.1, 0.15) is 17.1 Å². The second-order valence-electron chi connectivity index (χ2n) is 5.56. The van der Waals surface area contributed by atoms with Gasteiger partial charge in [-0.1, -0.05) is 0 Å². The Morgan fingerprint density at radius 1 is 1.39 bits per heavy atom. The number of phenols is 1. The third kappa shape index (κ3) is 4.22. The van der Waals surface area contributed by atoms with Gasteiger partial charge in [-0.15, -0.1) is 0 Å². The van der Waals surface area contributed by atoms with Gasteiger partial charge in [0.2, 0.25) is 0 Å². The van der Waals surface area contributed by atoms with Crippen LogP contribution < -0.4 is 10.2 Å². The van der Waals surface area contributed by atoms with E-state index in [1.807, 2.05) is 6.92 Å². The summed E-state index contributed by atoms with van der Waals surface area (Å²) in [6, 6.07) is 9.13. The van der Waals surface area contributed by atoms with Crippen molar-refractivity contribution in [2.75, 3.05) is 6.61 Å². The number of amides is 1. The van der Waals surface area contributed by atoms with E-state index in [1.54, 1.807) is 46.9 Å². The normalized spacial score (nSPS) is 11.1. The number of non-ortho nitro benzene ring substituents is 1. The minimum Gasteiger partial charge on any atom is -0.506 e. The highest BCUT2D eigenvalue weighted by Crippen LogP contribution is 2.28. The quantitative estimate of drug-likeness (QED) is 0.232. The van der Waals surface area contributed by atoms with E-state index in [0.29, 0.717) is 26.9 Å². The Morgan fingerprint density at radius 3 is 2.89 bits per heavy atom. The molecule has 2 aromatic carbocycles. The van der Waals surface area contributed by atoms with E-state index in [1.165, 1.54) is 6.07 Å². The largest absolute Gasteiger partial charge is 0.506 e. The number of rotatable bonds is 6. The molecule has 28 heavy (non-hydrogen) atoms. The number of hydrogen-bond acceptors (Lipinski definition) is 7. The summed E-state index contributed by atoms with van der Waals surface area (Å²) in [5.41, 5.74) is 2.69. The number of nitrogens with one attached hydrogen (secondary N) is 1. The Hall–Kier alpha value is -3.15. The van der Waals surface area contributed by atoms with Crippen molar-refractivity contribution in [2.45, 2.75) is 6.92 Å². The molecule has 3 aromatic rings. The smallest absolute Gasteiger partial charge is 0.307 e. The summed E-state index contributed by atoms with van der Waals surface area (Å²) in [6.45, 7) is 2.39. The molecule has 0 aliphatic heterocycles. The number of fused-ring (bicyclic) bond motifs is 1. The number of carbonyl (C=O) groups is 1. The van der Waals surface area contributed by atoms with Crippen LogP contribution in [0.2, 0.25) is 0 Å². The molecule has 3 rings (SSSR count). The SMILES string of the molecule is CCOc1ccc2oc(C(=O)N/N=C/c3cc([N+](=O)[O-])cc(I)c3O)cc2c1. The molecule has 1 aromatic heterocycles. The number of benzene rings is 2. The molecule has 0 fully saturated rings. The third-order valence-corrected chi connectivity index (χ3v) is 4.50. The molecule has 144 valence electrons. The van der Waals surface area contributed by atoms with Gasteiger partial charge in [0.15, 0.2) is 5.76 Å². The van der Waals surface area contributed by atoms with Crippen LogP contribution in [0.3, 0.4) is 0 Å². The number of hydrazone groups is 1. The number of nitro benzene ring substituents is 1. The lowest BCUT2D eigenvalue weighted by molar-refractivity contribution is -0.385. The molecular weight excluding hydrogens is 481 g/mol. The molecule has 1 heterocycles. The average Bonchev–Trinajstić information content (AvgIpc) is 3.08. The van der Waals surface area contributed by atoms with Crippen LogP contribution in [0.25, 0.3) is 11.0 Å². The zero-order chi connectivity index (χ0) is 20.3. The highest BCUT2D eigenvalue weighted by atomic mass is 127. The van der Waals surface area contributed by atoms with Crippen LogP contribution in [0.5, 0.6) is 11.5 Å². The molecule has 0 atom stereocenters. The summed E-state index contributed by atoms with van der Waals surface area (Å²) >= 11 is 1.77. The standard InChI is InChI=1S/C18H14IN3O6/c1-2-27-13-3-4-15-10(6-13)7-16(28-15)18(24)21-20-9-11-5-12(22(25)26)8-14(19)17(11)23/h3-9,23H,2H2,1H3,(H,21,24)/b20-9+. The number of nitrogens with zero attached hydrogens (tertiary/aromatic N) is 2. The molecule has 0 spiro atoms. The first-order chi connectivity index (χ1) is 13.4. The Bertz CT molecular complexity index is 1090. The summed E-state index contributed by atoms with van der Waals surface area (Å²) in [7, 11) is 0. The number of nitro groups is 1. The van der Waals surface area contributed by atoms with Crippen molar-refractivity contribution in [3.8, 4) is 11.5 Å². The Morgan fingerprint density at radius 2 is 2.18 bits per heavy atom. The monoisotopic (exact) mass is 495 g/mol. The number of hydrogen-bond donors (Lipinski definition) is 2. The lowest BCUT2D eigenvalue weighted by atomic mass is 10.2. The van der Waals surface area contributed by atoms with Crippen molar-refractivity contribution >= 4 is 51.4 Å². The van der Waals surface area contributed by atoms with E-state index in [0.717, 1.165) is 12.3 Å². The Labute approximate surface area is 172 Å². The van der Waals surface area contributed by atoms with Gasteiger partial charge in [-0.25, -0.2) is 5.43 Å². The topological polar surface area (TPSA) is 127 Å². The highest BCUT2D eigenvalue weighted by Gasteiger charge is 2.15. The maximum Gasteiger partial charge on any atom is 0.307 e. The van der Waals surface area contributed by atoms with E-state index < -0.39 is 10.8 Å². The van der Waals surface area contributed by atoms with Gasteiger partial charge in [-0.3, -0.25) is 14.9 Å². The van der Waals surface area contributed by atoms with Crippen LogP contribution in [0.15, 0.2) is 45.9 Å². The molecule has 0 aliphatic rings. The number of ether oxygens (including phenoxy) is 1. The van der Waals surface area contributed by atoms with Gasteiger partial charge in [0, 0.05) is 23.1 Å². The Kier molecular flexibility index (Phi) is 5.78. The molecule has 9 nitrogen and oxygen atoms in total.